The van der Waals surface area contributed by atoms with Gasteiger partial charge in [-0.1, -0.05) is 23.2 Å². The third-order valence-corrected chi connectivity index (χ3v) is 2.97. The van der Waals surface area contributed by atoms with Crippen molar-refractivity contribution in [2.45, 2.75) is 26.8 Å². The molecule has 0 spiro atoms. The van der Waals surface area contributed by atoms with Crippen LogP contribution >= 0.6 is 23.2 Å². The number of rotatable bonds is 5. The molecule has 0 unspecified atom stereocenters. The summed E-state index contributed by atoms with van der Waals surface area (Å²) in [5.74, 6) is -0.0447. The smallest absolute Gasteiger partial charge is 0.262 e. The molecule has 0 heterocycles. The van der Waals surface area contributed by atoms with Gasteiger partial charge in [-0.2, -0.15) is 5.26 Å². The van der Waals surface area contributed by atoms with Crippen LogP contribution in [0.25, 0.3) is 6.08 Å². The molecule has 1 aromatic rings. The Morgan fingerprint density at radius 1 is 1.43 bits per heavy atom. The molecule has 6 heteroatoms. The van der Waals surface area contributed by atoms with Gasteiger partial charge in [0.15, 0.2) is 5.75 Å². The normalized spacial score (nSPS) is 11.2. The number of nitrogens with one attached hydrogen (secondary N) is 1. The minimum Gasteiger partial charge on any atom is -0.491 e. The number of amides is 1. The van der Waals surface area contributed by atoms with Crippen molar-refractivity contribution in [1.29, 1.82) is 5.26 Å². The van der Waals surface area contributed by atoms with E-state index in [1.807, 2.05) is 26.8 Å². The lowest BCUT2D eigenvalue weighted by atomic mass is 10.1. The van der Waals surface area contributed by atoms with Crippen LogP contribution in [0.5, 0.6) is 5.75 Å². The minimum absolute atomic E-state index is 0.0139. The average molecular weight is 327 g/mol. The molecule has 0 aromatic heterocycles. The van der Waals surface area contributed by atoms with Crippen LogP contribution in [0.1, 0.15) is 26.3 Å². The summed E-state index contributed by atoms with van der Waals surface area (Å²) in [4.78, 5) is 11.8. The average Bonchev–Trinajstić information content (AvgIpc) is 2.39. The van der Waals surface area contributed by atoms with Crippen LogP contribution in [-0.2, 0) is 4.79 Å². The van der Waals surface area contributed by atoms with Gasteiger partial charge in [-0.15, -0.1) is 0 Å². The third kappa shape index (κ3) is 4.96. The van der Waals surface area contributed by atoms with Gasteiger partial charge < -0.3 is 10.1 Å². The Kier molecular flexibility index (Phi) is 6.54. The number of ether oxygens (including phenoxy) is 1. The van der Waals surface area contributed by atoms with Gasteiger partial charge in [-0.05, 0) is 44.5 Å². The molecule has 0 saturated heterocycles. The molecule has 1 aromatic carbocycles. The quantitative estimate of drug-likeness (QED) is 0.660. The van der Waals surface area contributed by atoms with Crippen molar-refractivity contribution in [1.82, 2.24) is 5.32 Å². The number of benzene rings is 1. The fraction of sp³-hybridized carbons (Fsp3) is 0.333. The minimum atomic E-state index is -0.436. The van der Waals surface area contributed by atoms with Gasteiger partial charge in [-0.25, -0.2) is 0 Å². The molecule has 21 heavy (non-hydrogen) atoms. The fourth-order valence-electron chi connectivity index (χ4n) is 1.60. The highest BCUT2D eigenvalue weighted by atomic mass is 35.5. The molecule has 4 nitrogen and oxygen atoms in total. The fourth-order valence-corrected chi connectivity index (χ4v) is 2.21. The summed E-state index contributed by atoms with van der Waals surface area (Å²) in [5.41, 5.74) is 0.545. The van der Waals surface area contributed by atoms with E-state index >= 15 is 0 Å². The highest BCUT2D eigenvalue weighted by Crippen LogP contribution is 2.34. The Morgan fingerprint density at radius 3 is 2.43 bits per heavy atom. The first-order chi connectivity index (χ1) is 9.88. The summed E-state index contributed by atoms with van der Waals surface area (Å²) in [6.07, 6.45) is 1.44. The number of halogens is 2. The molecule has 0 aliphatic carbocycles. The molecule has 0 saturated carbocycles. The van der Waals surface area contributed by atoms with Crippen LogP contribution in [0.2, 0.25) is 10.0 Å². The van der Waals surface area contributed by atoms with Crippen LogP contribution < -0.4 is 10.1 Å². The summed E-state index contributed by atoms with van der Waals surface area (Å²) in [5, 5.41) is 12.4. The van der Waals surface area contributed by atoms with E-state index in [9.17, 15) is 4.79 Å². The first-order valence-electron chi connectivity index (χ1n) is 6.43. The second kappa shape index (κ2) is 7.92. The van der Waals surface area contributed by atoms with Crippen molar-refractivity contribution in [2.24, 2.45) is 0 Å². The lowest BCUT2D eigenvalue weighted by Crippen LogP contribution is -2.30. The van der Waals surface area contributed by atoms with Gasteiger partial charge in [0, 0.05) is 6.04 Å². The number of nitrogens with zero attached hydrogens (tertiary/aromatic N) is 1. The number of nitriles is 1. The SMILES string of the molecule is CCOc1c(Cl)cc(C=C(C#N)C(=O)NC(C)C)cc1Cl. The van der Waals surface area contributed by atoms with Gasteiger partial charge in [0.2, 0.25) is 0 Å². The molecule has 0 radical (unpaired) electrons. The van der Waals surface area contributed by atoms with E-state index in [4.69, 9.17) is 33.2 Å². The van der Waals surface area contributed by atoms with Crippen molar-refractivity contribution in [2.75, 3.05) is 6.61 Å². The number of hydrogen-bond acceptors (Lipinski definition) is 3. The van der Waals surface area contributed by atoms with E-state index in [-0.39, 0.29) is 11.6 Å². The van der Waals surface area contributed by atoms with Gasteiger partial charge in [0.25, 0.3) is 5.91 Å². The Balaban J connectivity index is 3.13. The molecule has 0 bridgehead atoms. The summed E-state index contributed by atoms with van der Waals surface area (Å²) in [6.45, 7) is 5.90. The zero-order valence-electron chi connectivity index (χ0n) is 12.0. The summed E-state index contributed by atoms with van der Waals surface area (Å²) >= 11 is 12.2. The molecule has 112 valence electrons. The van der Waals surface area contributed by atoms with Gasteiger partial charge in [0.1, 0.15) is 11.6 Å². The maximum atomic E-state index is 11.8. The summed E-state index contributed by atoms with van der Waals surface area (Å²) < 4.78 is 5.32. The molecule has 0 aliphatic heterocycles. The van der Waals surface area contributed by atoms with Crippen molar-refractivity contribution >= 4 is 35.2 Å². The zero-order chi connectivity index (χ0) is 16.0. The van der Waals surface area contributed by atoms with E-state index in [1.54, 1.807) is 12.1 Å². The van der Waals surface area contributed by atoms with Crippen LogP contribution in [0.4, 0.5) is 0 Å². The van der Waals surface area contributed by atoms with Crippen molar-refractivity contribution in [3.05, 3.63) is 33.3 Å². The Bertz CT molecular complexity index is 581. The Hall–Kier alpha value is -1.70. The van der Waals surface area contributed by atoms with Gasteiger partial charge >= 0.3 is 0 Å². The Morgan fingerprint density at radius 2 is 2.00 bits per heavy atom. The van der Waals surface area contributed by atoms with Crippen LogP contribution in [-0.4, -0.2) is 18.6 Å². The van der Waals surface area contributed by atoms with Gasteiger partial charge in [-0.3, -0.25) is 4.79 Å². The maximum absolute atomic E-state index is 11.8. The predicted molar refractivity (Wildman–Crippen MR) is 84.5 cm³/mol. The van der Waals surface area contributed by atoms with Crippen LogP contribution in [0.3, 0.4) is 0 Å². The van der Waals surface area contributed by atoms with E-state index in [0.717, 1.165) is 0 Å². The first-order valence-corrected chi connectivity index (χ1v) is 7.19. The second-order valence-electron chi connectivity index (χ2n) is 4.54. The molecule has 1 rings (SSSR count). The van der Waals surface area contributed by atoms with Crippen LogP contribution in [0.15, 0.2) is 17.7 Å². The first kappa shape index (κ1) is 17.4. The van der Waals surface area contributed by atoms with E-state index in [0.29, 0.717) is 28.0 Å². The molecule has 0 aliphatic rings. The van der Waals surface area contributed by atoms with Gasteiger partial charge in [0.05, 0.1) is 16.7 Å². The summed E-state index contributed by atoms with van der Waals surface area (Å²) in [7, 11) is 0. The van der Waals surface area contributed by atoms with E-state index in [1.165, 1.54) is 6.08 Å². The maximum Gasteiger partial charge on any atom is 0.262 e. The number of carbonyl (C=O) groups is 1. The van der Waals surface area contributed by atoms with Crippen molar-refractivity contribution < 1.29 is 9.53 Å². The largest absolute Gasteiger partial charge is 0.491 e. The van der Waals surface area contributed by atoms with E-state index in [2.05, 4.69) is 5.32 Å². The molecule has 0 fully saturated rings. The predicted octanol–water partition coefficient (Wildman–Crippen LogP) is 3.82. The highest BCUT2D eigenvalue weighted by molar-refractivity contribution is 6.37. The van der Waals surface area contributed by atoms with E-state index < -0.39 is 5.91 Å². The lowest BCUT2D eigenvalue weighted by molar-refractivity contribution is -0.117. The Labute approximate surface area is 134 Å². The van der Waals surface area contributed by atoms with Crippen molar-refractivity contribution in [3.63, 3.8) is 0 Å². The second-order valence-corrected chi connectivity index (χ2v) is 5.36. The lowest BCUT2D eigenvalue weighted by Gasteiger charge is -2.10. The molecular weight excluding hydrogens is 311 g/mol. The van der Waals surface area contributed by atoms with Crippen molar-refractivity contribution in [3.8, 4) is 11.8 Å². The standard InChI is InChI=1S/C15H16Cl2N2O2/c1-4-21-14-12(16)6-10(7-13(14)17)5-11(8-18)15(20)19-9(2)3/h5-7,9H,4H2,1-3H3,(H,19,20). The molecule has 0 atom stereocenters. The highest BCUT2D eigenvalue weighted by Gasteiger charge is 2.12. The molecule has 1 amide bonds. The number of carbonyl (C=O) groups excluding carboxylic acids is 1. The number of hydrogen-bond donors (Lipinski definition) is 1. The summed E-state index contributed by atoms with van der Waals surface area (Å²) in [6, 6.07) is 5.00. The van der Waals surface area contributed by atoms with Crippen LogP contribution in [0, 0.1) is 11.3 Å². The molecule has 1 N–H and O–H groups in total. The monoisotopic (exact) mass is 326 g/mol. The molecular formula is C15H16Cl2N2O2. The third-order valence-electron chi connectivity index (χ3n) is 2.41. The topological polar surface area (TPSA) is 62.1 Å². The zero-order valence-corrected chi connectivity index (χ0v) is 13.5.